The van der Waals surface area contributed by atoms with E-state index in [1.54, 1.807) is 0 Å². The van der Waals surface area contributed by atoms with E-state index in [1.807, 2.05) is 26.0 Å². The van der Waals surface area contributed by atoms with Gasteiger partial charge in [-0.2, -0.15) is 0 Å². The second-order valence-corrected chi connectivity index (χ2v) is 3.21. The minimum Gasteiger partial charge on any atom is -0.369 e. The minimum atomic E-state index is -0.168. The van der Waals surface area contributed by atoms with Crippen molar-refractivity contribution >= 4 is 5.69 Å². The van der Waals surface area contributed by atoms with E-state index >= 15 is 0 Å². The summed E-state index contributed by atoms with van der Waals surface area (Å²) in [4.78, 5) is 2.26. The SMILES string of the molecule is CC.Fc1ccc(N2CCNCC2)cc1. The Labute approximate surface area is 91.1 Å². The molecule has 1 aromatic rings. The summed E-state index contributed by atoms with van der Waals surface area (Å²) in [6, 6.07) is 6.69. The highest BCUT2D eigenvalue weighted by Crippen LogP contribution is 2.14. The summed E-state index contributed by atoms with van der Waals surface area (Å²) in [6.45, 7) is 8.03. The van der Waals surface area contributed by atoms with Crippen molar-refractivity contribution in [2.45, 2.75) is 13.8 Å². The van der Waals surface area contributed by atoms with Crippen molar-refractivity contribution in [3.8, 4) is 0 Å². The van der Waals surface area contributed by atoms with E-state index < -0.39 is 0 Å². The summed E-state index contributed by atoms with van der Waals surface area (Å²) in [7, 11) is 0. The molecule has 1 aliphatic heterocycles. The fourth-order valence-corrected chi connectivity index (χ4v) is 1.57. The van der Waals surface area contributed by atoms with E-state index in [0.29, 0.717) is 0 Å². The minimum absolute atomic E-state index is 0.168. The third-order valence-corrected chi connectivity index (χ3v) is 2.31. The maximum Gasteiger partial charge on any atom is 0.123 e. The highest BCUT2D eigenvalue weighted by Gasteiger charge is 2.09. The fourth-order valence-electron chi connectivity index (χ4n) is 1.57. The molecule has 0 aliphatic carbocycles. The predicted octanol–water partition coefficient (Wildman–Crippen LogP) is 2.26. The summed E-state index contributed by atoms with van der Waals surface area (Å²) >= 11 is 0. The van der Waals surface area contributed by atoms with Gasteiger partial charge in [-0.15, -0.1) is 0 Å². The molecular weight excluding hydrogens is 191 g/mol. The number of hydrogen-bond acceptors (Lipinski definition) is 2. The highest BCUT2D eigenvalue weighted by molar-refractivity contribution is 5.46. The van der Waals surface area contributed by atoms with E-state index in [2.05, 4.69) is 10.2 Å². The summed E-state index contributed by atoms with van der Waals surface area (Å²) in [5, 5.41) is 3.28. The molecule has 0 amide bonds. The first-order valence-corrected chi connectivity index (χ1v) is 5.57. The van der Waals surface area contributed by atoms with Crippen molar-refractivity contribution in [1.29, 1.82) is 0 Å². The maximum atomic E-state index is 12.6. The van der Waals surface area contributed by atoms with Gasteiger partial charge < -0.3 is 10.2 Å². The Morgan fingerprint density at radius 2 is 1.60 bits per heavy atom. The number of hydrogen-bond donors (Lipinski definition) is 1. The van der Waals surface area contributed by atoms with E-state index in [9.17, 15) is 4.39 Å². The monoisotopic (exact) mass is 210 g/mol. The summed E-state index contributed by atoms with van der Waals surface area (Å²) in [5.41, 5.74) is 1.11. The van der Waals surface area contributed by atoms with Crippen molar-refractivity contribution in [2.75, 3.05) is 31.1 Å². The molecule has 0 radical (unpaired) electrons. The molecule has 1 N–H and O–H groups in total. The van der Waals surface area contributed by atoms with Gasteiger partial charge in [-0.1, -0.05) is 13.8 Å². The maximum absolute atomic E-state index is 12.6. The molecule has 0 unspecified atom stereocenters. The first-order valence-electron chi connectivity index (χ1n) is 5.57. The van der Waals surface area contributed by atoms with Crippen LogP contribution in [-0.4, -0.2) is 26.2 Å². The molecule has 1 fully saturated rings. The number of nitrogens with one attached hydrogen (secondary N) is 1. The van der Waals surface area contributed by atoms with Gasteiger partial charge >= 0.3 is 0 Å². The number of benzene rings is 1. The van der Waals surface area contributed by atoms with Gasteiger partial charge in [0.2, 0.25) is 0 Å². The van der Waals surface area contributed by atoms with Gasteiger partial charge in [0.25, 0.3) is 0 Å². The van der Waals surface area contributed by atoms with Crippen molar-refractivity contribution < 1.29 is 4.39 Å². The van der Waals surface area contributed by atoms with Crippen LogP contribution in [0.1, 0.15) is 13.8 Å². The smallest absolute Gasteiger partial charge is 0.123 e. The molecule has 1 aliphatic rings. The second kappa shape index (κ2) is 6.40. The molecule has 0 saturated carbocycles. The third-order valence-electron chi connectivity index (χ3n) is 2.31. The van der Waals surface area contributed by atoms with Crippen LogP contribution in [0.5, 0.6) is 0 Å². The van der Waals surface area contributed by atoms with Crippen LogP contribution in [0.4, 0.5) is 10.1 Å². The Balaban J connectivity index is 0.000000531. The van der Waals surface area contributed by atoms with Crippen molar-refractivity contribution in [3.63, 3.8) is 0 Å². The first-order chi connectivity index (χ1) is 7.36. The van der Waals surface area contributed by atoms with E-state index in [1.165, 1.54) is 12.1 Å². The van der Waals surface area contributed by atoms with Gasteiger partial charge in [0.05, 0.1) is 0 Å². The first kappa shape index (κ1) is 12.0. The molecule has 84 valence electrons. The van der Waals surface area contributed by atoms with Gasteiger partial charge in [0.1, 0.15) is 5.82 Å². The summed E-state index contributed by atoms with van der Waals surface area (Å²) in [5.74, 6) is -0.168. The molecule has 0 atom stereocenters. The average Bonchev–Trinajstić information content (AvgIpc) is 2.34. The zero-order valence-electron chi connectivity index (χ0n) is 9.46. The lowest BCUT2D eigenvalue weighted by Gasteiger charge is -2.29. The van der Waals surface area contributed by atoms with Crippen LogP contribution in [0.25, 0.3) is 0 Å². The Hall–Kier alpha value is -1.09. The van der Waals surface area contributed by atoms with Crippen molar-refractivity contribution in [1.82, 2.24) is 5.32 Å². The topological polar surface area (TPSA) is 15.3 Å². The van der Waals surface area contributed by atoms with E-state index in [4.69, 9.17) is 0 Å². The van der Waals surface area contributed by atoms with Crippen LogP contribution in [0.2, 0.25) is 0 Å². The van der Waals surface area contributed by atoms with Gasteiger partial charge in [0, 0.05) is 31.9 Å². The molecule has 2 nitrogen and oxygen atoms in total. The molecule has 15 heavy (non-hydrogen) atoms. The molecule has 1 aromatic carbocycles. The molecular formula is C12H19FN2. The van der Waals surface area contributed by atoms with Crippen LogP contribution in [0.3, 0.4) is 0 Å². The summed E-state index contributed by atoms with van der Waals surface area (Å²) in [6.07, 6.45) is 0. The third kappa shape index (κ3) is 3.51. The highest BCUT2D eigenvalue weighted by atomic mass is 19.1. The fraction of sp³-hybridized carbons (Fsp3) is 0.500. The largest absolute Gasteiger partial charge is 0.369 e. The lowest BCUT2D eigenvalue weighted by atomic mass is 10.2. The average molecular weight is 210 g/mol. The van der Waals surface area contributed by atoms with Gasteiger partial charge in [0.15, 0.2) is 0 Å². The Bertz CT molecular complexity index is 265. The number of anilines is 1. The molecule has 0 bridgehead atoms. The molecule has 0 aromatic heterocycles. The Morgan fingerprint density at radius 3 is 2.13 bits per heavy atom. The molecule has 1 saturated heterocycles. The van der Waals surface area contributed by atoms with Crippen LogP contribution in [0.15, 0.2) is 24.3 Å². The number of halogens is 1. The number of nitrogens with zero attached hydrogens (tertiary/aromatic N) is 1. The second-order valence-electron chi connectivity index (χ2n) is 3.21. The lowest BCUT2D eigenvalue weighted by Crippen LogP contribution is -2.43. The number of piperazine rings is 1. The molecule has 2 rings (SSSR count). The quantitative estimate of drug-likeness (QED) is 0.765. The van der Waals surface area contributed by atoms with E-state index in [0.717, 1.165) is 31.9 Å². The van der Waals surface area contributed by atoms with Crippen LogP contribution in [-0.2, 0) is 0 Å². The van der Waals surface area contributed by atoms with Gasteiger partial charge in [-0.3, -0.25) is 0 Å². The van der Waals surface area contributed by atoms with Crippen molar-refractivity contribution in [3.05, 3.63) is 30.1 Å². The predicted molar refractivity (Wildman–Crippen MR) is 62.8 cm³/mol. The lowest BCUT2D eigenvalue weighted by molar-refractivity contribution is 0.587. The molecule has 0 spiro atoms. The van der Waals surface area contributed by atoms with Crippen LogP contribution in [0, 0.1) is 5.82 Å². The molecule has 1 heterocycles. The summed E-state index contributed by atoms with van der Waals surface area (Å²) < 4.78 is 12.6. The van der Waals surface area contributed by atoms with Crippen molar-refractivity contribution in [2.24, 2.45) is 0 Å². The zero-order valence-corrected chi connectivity index (χ0v) is 9.46. The van der Waals surface area contributed by atoms with Crippen LogP contribution >= 0.6 is 0 Å². The zero-order chi connectivity index (χ0) is 11.1. The number of rotatable bonds is 1. The normalized spacial score (nSPS) is 15.5. The standard InChI is InChI=1S/C10H13FN2.C2H6/c11-9-1-3-10(4-2-9)13-7-5-12-6-8-13;1-2/h1-4,12H,5-8H2;1-2H3. The Morgan fingerprint density at radius 1 is 1.07 bits per heavy atom. The van der Waals surface area contributed by atoms with Gasteiger partial charge in [-0.25, -0.2) is 4.39 Å². The van der Waals surface area contributed by atoms with Crippen LogP contribution < -0.4 is 10.2 Å². The Kier molecular flexibility index (Phi) is 5.12. The van der Waals surface area contributed by atoms with E-state index in [-0.39, 0.29) is 5.82 Å². The molecule has 3 heteroatoms. The van der Waals surface area contributed by atoms with Gasteiger partial charge in [-0.05, 0) is 24.3 Å².